The second-order valence-corrected chi connectivity index (χ2v) is 6.37. The second kappa shape index (κ2) is 6.57. The van der Waals surface area contributed by atoms with Crippen LogP contribution in [-0.4, -0.2) is 46.4 Å². The SMILES string of the molecule is NC(=O)c1ccc(N2CCN(Cc3cn4ccccc4n3)CC2)cc1. The number of nitrogens with zero attached hydrogens (tertiary/aromatic N) is 4. The number of pyridine rings is 1. The van der Waals surface area contributed by atoms with Gasteiger partial charge in [0.2, 0.25) is 5.91 Å². The maximum Gasteiger partial charge on any atom is 0.248 e. The molecule has 1 aliphatic heterocycles. The molecule has 1 fully saturated rings. The van der Waals surface area contributed by atoms with Gasteiger partial charge in [-0.3, -0.25) is 9.69 Å². The number of nitrogens with two attached hydrogens (primary N) is 1. The van der Waals surface area contributed by atoms with E-state index in [1.165, 1.54) is 0 Å². The summed E-state index contributed by atoms with van der Waals surface area (Å²) in [6, 6.07) is 13.6. The highest BCUT2D eigenvalue weighted by Gasteiger charge is 2.18. The lowest BCUT2D eigenvalue weighted by Gasteiger charge is -2.35. The Kier molecular flexibility index (Phi) is 4.11. The first-order valence-electron chi connectivity index (χ1n) is 8.49. The molecule has 2 N–H and O–H groups in total. The second-order valence-electron chi connectivity index (χ2n) is 6.37. The van der Waals surface area contributed by atoms with Gasteiger partial charge in [0.05, 0.1) is 5.69 Å². The lowest BCUT2D eigenvalue weighted by molar-refractivity contribution is 0.100. The van der Waals surface area contributed by atoms with E-state index in [1.807, 2.05) is 36.5 Å². The van der Waals surface area contributed by atoms with Crippen molar-refractivity contribution in [3.63, 3.8) is 0 Å². The van der Waals surface area contributed by atoms with Gasteiger partial charge in [-0.15, -0.1) is 0 Å². The summed E-state index contributed by atoms with van der Waals surface area (Å²) in [5, 5.41) is 0. The van der Waals surface area contributed by atoms with Crippen molar-refractivity contribution in [2.75, 3.05) is 31.1 Å². The van der Waals surface area contributed by atoms with Gasteiger partial charge in [-0.2, -0.15) is 0 Å². The quantitative estimate of drug-likeness (QED) is 0.789. The zero-order valence-electron chi connectivity index (χ0n) is 14.0. The zero-order valence-corrected chi connectivity index (χ0v) is 14.0. The number of piperazine rings is 1. The van der Waals surface area contributed by atoms with E-state index in [1.54, 1.807) is 12.1 Å². The summed E-state index contributed by atoms with van der Waals surface area (Å²) in [6.45, 7) is 4.78. The third-order valence-electron chi connectivity index (χ3n) is 4.69. The van der Waals surface area contributed by atoms with Gasteiger partial charge in [-0.25, -0.2) is 4.98 Å². The molecule has 1 saturated heterocycles. The van der Waals surface area contributed by atoms with E-state index in [0.717, 1.165) is 49.8 Å². The van der Waals surface area contributed by atoms with E-state index >= 15 is 0 Å². The molecule has 3 aromatic rings. The zero-order chi connectivity index (χ0) is 17.2. The molecule has 3 heterocycles. The molecule has 6 heteroatoms. The van der Waals surface area contributed by atoms with Crippen LogP contribution in [0.25, 0.3) is 5.65 Å². The molecule has 0 spiro atoms. The Hall–Kier alpha value is -2.86. The maximum atomic E-state index is 11.2. The van der Waals surface area contributed by atoms with Crippen LogP contribution in [0.5, 0.6) is 0 Å². The van der Waals surface area contributed by atoms with Crippen LogP contribution < -0.4 is 10.6 Å². The van der Waals surface area contributed by atoms with Crippen molar-refractivity contribution in [1.29, 1.82) is 0 Å². The van der Waals surface area contributed by atoms with E-state index in [-0.39, 0.29) is 5.91 Å². The fraction of sp³-hybridized carbons (Fsp3) is 0.263. The molecular formula is C19H21N5O. The van der Waals surface area contributed by atoms with E-state index in [0.29, 0.717) is 5.56 Å². The number of aromatic nitrogens is 2. The number of imidazole rings is 1. The predicted octanol–water partition coefficient (Wildman–Crippen LogP) is 1.76. The van der Waals surface area contributed by atoms with Crippen LogP contribution in [-0.2, 0) is 6.54 Å². The number of fused-ring (bicyclic) bond motifs is 1. The Balaban J connectivity index is 1.37. The maximum absolute atomic E-state index is 11.2. The summed E-state index contributed by atoms with van der Waals surface area (Å²) in [5.74, 6) is -0.385. The van der Waals surface area contributed by atoms with Crippen LogP contribution in [0.3, 0.4) is 0 Å². The highest BCUT2D eigenvalue weighted by Crippen LogP contribution is 2.18. The number of amides is 1. The average Bonchev–Trinajstić information content (AvgIpc) is 3.05. The molecular weight excluding hydrogens is 314 g/mol. The van der Waals surface area contributed by atoms with Gasteiger partial charge in [-0.05, 0) is 36.4 Å². The number of hydrogen-bond acceptors (Lipinski definition) is 4. The van der Waals surface area contributed by atoms with Crippen LogP contribution in [0.4, 0.5) is 5.69 Å². The summed E-state index contributed by atoms with van der Waals surface area (Å²) in [4.78, 5) is 20.6. The van der Waals surface area contributed by atoms with Gasteiger partial charge < -0.3 is 15.0 Å². The summed E-state index contributed by atoms with van der Waals surface area (Å²) in [5.41, 5.74) is 9.08. The van der Waals surface area contributed by atoms with Crippen molar-refractivity contribution in [1.82, 2.24) is 14.3 Å². The molecule has 1 amide bonds. The van der Waals surface area contributed by atoms with E-state index in [4.69, 9.17) is 5.73 Å². The van der Waals surface area contributed by atoms with E-state index < -0.39 is 0 Å². The van der Waals surface area contributed by atoms with Crippen LogP contribution in [0, 0.1) is 0 Å². The van der Waals surface area contributed by atoms with Gasteiger partial charge in [0, 0.05) is 56.4 Å². The number of benzene rings is 1. The smallest absolute Gasteiger partial charge is 0.248 e. The number of hydrogen-bond donors (Lipinski definition) is 1. The highest BCUT2D eigenvalue weighted by molar-refractivity contribution is 5.93. The molecule has 1 aromatic carbocycles. The fourth-order valence-corrected chi connectivity index (χ4v) is 3.29. The van der Waals surface area contributed by atoms with Crippen LogP contribution in [0.15, 0.2) is 54.9 Å². The molecule has 25 heavy (non-hydrogen) atoms. The van der Waals surface area contributed by atoms with E-state index in [2.05, 4.69) is 25.4 Å². The van der Waals surface area contributed by atoms with Crippen LogP contribution >= 0.6 is 0 Å². The number of primary amides is 1. The largest absolute Gasteiger partial charge is 0.369 e. The highest BCUT2D eigenvalue weighted by atomic mass is 16.1. The van der Waals surface area contributed by atoms with Crippen LogP contribution in [0.2, 0.25) is 0 Å². The van der Waals surface area contributed by atoms with Crippen molar-refractivity contribution in [3.05, 3.63) is 66.1 Å². The molecule has 1 aliphatic rings. The van der Waals surface area contributed by atoms with Crippen molar-refractivity contribution in [2.45, 2.75) is 6.54 Å². The van der Waals surface area contributed by atoms with Gasteiger partial charge in [0.25, 0.3) is 0 Å². The lowest BCUT2D eigenvalue weighted by atomic mass is 10.1. The summed E-state index contributed by atoms with van der Waals surface area (Å²) in [6.07, 6.45) is 4.13. The Labute approximate surface area is 146 Å². The average molecular weight is 335 g/mol. The Morgan fingerprint density at radius 1 is 1.04 bits per heavy atom. The summed E-state index contributed by atoms with van der Waals surface area (Å²) < 4.78 is 2.06. The van der Waals surface area contributed by atoms with Gasteiger partial charge in [-0.1, -0.05) is 6.07 Å². The number of rotatable bonds is 4. The Morgan fingerprint density at radius 2 is 1.80 bits per heavy atom. The number of carbonyl (C=O) groups excluding carboxylic acids is 1. The van der Waals surface area contributed by atoms with Crippen molar-refractivity contribution in [3.8, 4) is 0 Å². The minimum absolute atomic E-state index is 0.385. The minimum atomic E-state index is -0.385. The van der Waals surface area contributed by atoms with Crippen molar-refractivity contribution in [2.24, 2.45) is 5.73 Å². The molecule has 128 valence electrons. The van der Waals surface area contributed by atoms with Gasteiger partial charge >= 0.3 is 0 Å². The molecule has 6 nitrogen and oxygen atoms in total. The molecule has 0 aliphatic carbocycles. The molecule has 0 unspecified atom stereocenters. The molecule has 2 aromatic heterocycles. The molecule has 0 bridgehead atoms. The van der Waals surface area contributed by atoms with E-state index in [9.17, 15) is 4.79 Å². The van der Waals surface area contributed by atoms with Crippen LogP contribution in [0.1, 0.15) is 16.1 Å². The first-order chi connectivity index (χ1) is 12.2. The Bertz CT molecular complexity index is 845. The standard InChI is InChI=1S/C19H21N5O/c20-19(25)15-4-6-17(7-5-15)23-11-9-22(10-12-23)13-16-14-24-8-2-1-3-18(24)21-16/h1-8,14H,9-13H2,(H2,20,25). The topological polar surface area (TPSA) is 66.9 Å². The van der Waals surface area contributed by atoms with Gasteiger partial charge in [0.1, 0.15) is 5.65 Å². The lowest BCUT2D eigenvalue weighted by Crippen LogP contribution is -2.46. The minimum Gasteiger partial charge on any atom is -0.369 e. The third-order valence-corrected chi connectivity index (χ3v) is 4.69. The first kappa shape index (κ1) is 15.7. The Morgan fingerprint density at radius 3 is 2.48 bits per heavy atom. The molecule has 0 atom stereocenters. The normalized spacial score (nSPS) is 15.6. The molecule has 0 radical (unpaired) electrons. The third kappa shape index (κ3) is 3.34. The number of anilines is 1. The predicted molar refractivity (Wildman–Crippen MR) is 97.6 cm³/mol. The van der Waals surface area contributed by atoms with Crippen molar-refractivity contribution < 1.29 is 4.79 Å². The van der Waals surface area contributed by atoms with Crippen molar-refractivity contribution >= 4 is 17.2 Å². The number of carbonyl (C=O) groups is 1. The molecule has 4 rings (SSSR count). The molecule has 0 saturated carbocycles. The van der Waals surface area contributed by atoms with Gasteiger partial charge in [0.15, 0.2) is 0 Å². The monoisotopic (exact) mass is 335 g/mol. The summed E-state index contributed by atoms with van der Waals surface area (Å²) >= 11 is 0. The summed E-state index contributed by atoms with van der Waals surface area (Å²) in [7, 11) is 0. The first-order valence-corrected chi connectivity index (χ1v) is 8.49. The fourth-order valence-electron chi connectivity index (χ4n) is 3.29.